The lowest BCUT2D eigenvalue weighted by molar-refractivity contribution is 0.0173. The monoisotopic (exact) mass is 264 g/mol. The molecule has 1 saturated heterocycles. The number of ether oxygens (including phenoxy) is 1. The molecule has 17 heavy (non-hydrogen) atoms. The van der Waals surface area contributed by atoms with Crippen molar-refractivity contribution in [1.29, 1.82) is 0 Å². The topological polar surface area (TPSA) is 67.4 Å². The summed E-state index contributed by atoms with van der Waals surface area (Å²) in [7, 11) is -3.13. The second-order valence-electron chi connectivity index (χ2n) is 4.55. The van der Waals surface area contributed by atoms with Crippen LogP contribution in [0.15, 0.2) is 0 Å². The molecule has 1 fully saturated rings. The maximum absolute atomic E-state index is 11.8. The highest BCUT2D eigenvalue weighted by molar-refractivity contribution is 7.89. The van der Waals surface area contributed by atoms with Gasteiger partial charge in [0.1, 0.15) is 0 Å². The van der Waals surface area contributed by atoms with Crippen LogP contribution in [0, 0.1) is 0 Å². The summed E-state index contributed by atoms with van der Waals surface area (Å²) in [6.07, 6.45) is 2.35. The third kappa shape index (κ3) is 6.35. The van der Waals surface area contributed by atoms with E-state index < -0.39 is 10.0 Å². The number of hydrogen-bond acceptors (Lipinski definition) is 4. The molecular formula is C11H24N2O3S. The van der Waals surface area contributed by atoms with E-state index >= 15 is 0 Å². The van der Waals surface area contributed by atoms with Crippen LogP contribution in [0.5, 0.6) is 0 Å². The zero-order valence-corrected chi connectivity index (χ0v) is 11.6. The van der Waals surface area contributed by atoms with E-state index in [1.54, 1.807) is 0 Å². The summed E-state index contributed by atoms with van der Waals surface area (Å²) in [5, 5.41) is 3.12. The van der Waals surface area contributed by atoms with Crippen molar-refractivity contribution in [1.82, 2.24) is 10.0 Å². The Labute approximate surface area is 104 Å². The quantitative estimate of drug-likeness (QED) is 0.656. The highest BCUT2D eigenvalue weighted by Crippen LogP contribution is 2.14. The molecule has 0 spiro atoms. The molecule has 5 nitrogen and oxygen atoms in total. The molecule has 1 rings (SSSR count). The number of sulfonamides is 1. The Kier molecular flexibility index (Phi) is 6.40. The predicted octanol–water partition coefficient (Wildman–Crippen LogP) is 0.473. The Hall–Kier alpha value is -0.170. The van der Waals surface area contributed by atoms with E-state index in [1.807, 2.05) is 13.8 Å². The molecule has 0 radical (unpaired) electrons. The third-order valence-electron chi connectivity index (χ3n) is 2.85. The van der Waals surface area contributed by atoms with Gasteiger partial charge in [0, 0.05) is 12.6 Å². The molecule has 0 saturated carbocycles. The molecule has 0 aliphatic carbocycles. The van der Waals surface area contributed by atoms with Crippen LogP contribution in [-0.4, -0.2) is 46.0 Å². The maximum Gasteiger partial charge on any atom is 0.211 e. The largest absolute Gasteiger partial charge is 0.378 e. The minimum atomic E-state index is -3.13. The Bertz CT molecular complexity index is 306. The van der Waals surface area contributed by atoms with Crippen LogP contribution in [0.25, 0.3) is 0 Å². The highest BCUT2D eigenvalue weighted by atomic mass is 32.2. The first-order valence-corrected chi connectivity index (χ1v) is 8.01. The molecule has 0 amide bonds. The molecule has 1 heterocycles. The summed E-state index contributed by atoms with van der Waals surface area (Å²) in [4.78, 5) is 0. The fourth-order valence-electron chi connectivity index (χ4n) is 1.98. The van der Waals surface area contributed by atoms with Crippen LogP contribution >= 0.6 is 0 Å². The fourth-order valence-corrected chi connectivity index (χ4v) is 3.35. The molecule has 1 aliphatic rings. The third-order valence-corrected chi connectivity index (χ3v) is 4.37. The minimum Gasteiger partial charge on any atom is -0.378 e. The normalized spacial score (nSPS) is 26.0. The molecule has 6 heteroatoms. The summed E-state index contributed by atoms with van der Waals surface area (Å²) < 4.78 is 31.7. The van der Waals surface area contributed by atoms with Crippen molar-refractivity contribution >= 4 is 10.0 Å². The number of rotatable bonds is 7. The first-order chi connectivity index (χ1) is 8.03. The predicted molar refractivity (Wildman–Crippen MR) is 68.5 cm³/mol. The van der Waals surface area contributed by atoms with Crippen molar-refractivity contribution in [2.24, 2.45) is 0 Å². The second-order valence-corrected chi connectivity index (χ2v) is 6.42. The smallest absolute Gasteiger partial charge is 0.211 e. The fraction of sp³-hybridized carbons (Fsp3) is 1.00. The Morgan fingerprint density at radius 2 is 2.18 bits per heavy atom. The van der Waals surface area contributed by atoms with Gasteiger partial charge in [-0.15, -0.1) is 0 Å². The molecular weight excluding hydrogens is 240 g/mol. The second kappa shape index (κ2) is 7.31. The van der Waals surface area contributed by atoms with Crippen LogP contribution in [0.1, 0.15) is 33.1 Å². The van der Waals surface area contributed by atoms with Gasteiger partial charge in [0.25, 0.3) is 0 Å². The standard InChI is InChI=1S/C11H24N2O3S/c1-3-12-6-4-8-17(14,15)13-11-5-7-16-10(2)9-11/h10-13H,3-9H2,1-2H3. The SMILES string of the molecule is CCNCCCS(=O)(=O)NC1CCOC(C)C1. The zero-order valence-electron chi connectivity index (χ0n) is 10.7. The van der Waals surface area contributed by atoms with E-state index in [0.717, 1.165) is 25.9 Å². The van der Waals surface area contributed by atoms with Crippen LogP contribution in [0.2, 0.25) is 0 Å². The minimum absolute atomic E-state index is 0.0443. The van der Waals surface area contributed by atoms with Gasteiger partial charge in [-0.3, -0.25) is 0 Å². The lowest BCUT2D eigenvalue weighted by Crippen LogP contribution is -2.42. The number of nitrogens with one attached hydrogen (secondary N) is 2. The van der Waals surface area contributed by atoms with Crippen molar-refractivity contribution in [3.05, 3.63) is 0 Å². The van der Waals surface area contributed by atoms with E-state index in [9.17, 15) is 8.42 Å². The molecule has 1 aliphatic heterocycles. The average Bonchev–Trinajstić information content (AvgIpc) is 2.24. The van der Waals surface area contributed by atoms with Gasteiger partial charge in [-0.05, 0) is 39.3 Å². The lowest BCUT2D eigenvalue weighted by Gasteiger charge is -2.27. The van der Waals surface area contributed by atoms with Crippen molar-refractivity contribution in [3.8, 4) is 0 Å². The van der Waals surface area contributed by atoms with E-state index in [2.05, 4.69) is 10.0 Å². The maximum atomic E-state index is 11.8. The molecule has 2 atom stereocenters. The van der Waals surface area contributed by atoms with Gasteiger partial charge >= 0.3 is 0 Å². The Morgan fingerprint density at radius 3 is 2.82 bits per heavy atom. The number of hydrogen-bond donors (Lipinski definition) is 2. The van der Waals surface area contributed by atoms with Crippen LogP contribution in [0.4, 0.5) is 0 Å². The molecule has 0 aromatic heterocycles. The first kappa shape index (κ1) is 14.9. The Morgan fingerprint density at radius 1 is 1.41 bits per heavy atom. The van der Waals surface area contributed by atoms with Gasteiger partial charge in [-0.25, -0.2) is 13.1 Å². The van der Waals surface area contributed by atoms with Crippen molar-refractivity contribution < 1.29 is 13.2 Å². The summed E-state index contributed by atoms with van der Waals surface area (Å²) in [6.45, 7) is 6.26. The van der Waals surface area contributed by atoms with Crippen molar-refractivity contribution in [2.75, 3.05) is 25.4 Å². The van der Waals surface area contributed by atoms with E-state index in [1.165, 1.54) is 0 Å². The van der Waals surface area contributed by atoms with E-state index in [4.69, 9.17) is 4.74 Å². The lowest BCUT2D eigenvalue weighted by atomic mass is 10.1. The molecule has 0 aromatic carbocycles. The van der Waals surface area contributed by atoms with Gasteiger partial charge < -0.3 is 10.1 Å². The van der Waals surface area contributed by atoms with Crippen molar-refractivity contribution in [2.45, 2.75) is 45.3 Å². The first-order valence-electron chi connectivity index (χ1n) is 6.36. The Balaban J connectivity index is 2.27. The van der Waals surface area contributed by atoms with Crippen LogP contribution < -0.4 is 10.0 Å². The molecule has 2 N–H and O–H groups in total. The van der Waals surface area contributed by atoms with Gasteiger partial charge in [0.05, 0.1) is 11.9 Å². The van der Waals surface area contributed by atoms with Gasteiger partial charge in [0.2, 0.25) is 10.0 Å². The van der Waals surface area contributed by atoms with Crippen LogP contribution in [-0.2, 0) is 14.8 Å². The van der Waals surface area contributed by atoms with E-state index in [0.29, 0.717) is 13.0 Å². The molecule has 102 valence electrons. The van der Waals surface area contributed by atoms with Gasteiger partial charge in [0.15, 0.2) is 0 Å². The zero-order chi connectivity index (χ0) is 12.7. The summed E-state index contributed by atoms with van der Waals surface area (Å²) >= 11 is 0. The highest BCUT2D eigenvalue weighted by Gasteiger charge is 2.23. The summed E-state index contributed by atoms with van der Waals surface area (Å²) in [6, 6.07) is 0.0443. The molecule has 0 aromatic rings. The van der Waals surface area contributed by atoms with Gasteiger partial charge in [-0.2, -0.15) is 0 Å². The average molecular weight is 264 g/mol. The summed E-state index contributed by atoms with van der Waals surface area (Å²) in [5.41, 5.74) is 0. The summed E-state index contributed by atoms with van der Waals surface area (Å²) in [5.74, 6) is 0.200. The van der Waals surface area contributed by atoms with Crippen molar-refractivity contribution in [3.63, 3.8) is 0 Å². The van der Waals surface area contributed by atoms with E-state index in [-0.39, 0.29) is 17.9 Å². The molecule has 2 unspecified atom stereocenters. The molecule has 0 bridgehead atoms. The van der Waals surface area contributed by atoms with Crippen LogP contribution in [0.3, 0.4) is 0 Å². The van der Waals surface area contributed by atoms with Gasteiger partial charge in [-0.1, -0.05) is 6.92 Å².